The Morgan fingerprint density at radius 2 is 1.86 bits per heavy atom. The third-order valence-electron chi connectivity index (χ3n) is 3.37. The largest absolute Gasteiger partial charge is 0.378 e. The number of rotatable bonds is 8. The normalized spacial score (nSPS) is 17.4. The monoisotopic (exact) mass is 321 g/mol. The second-order valence-corrected chi connectivity index (χ2v) is 7.50. The summed E-state index contributed by atoms with van der Waals surface area (Å²) in [5.74, 6) is 0.0485. The lowest BCUT2D eigenvalue weighted by Crippen LogP contribution is -2.51. The Balaban J connectivity index is 2.39. The van der Waals surface area contributed by atoms with Gasteiger partial charge in [-0.2, -0.15) is 4.31 Å². The minimum atomic E-state index is -3.29. The van der Waals surface area contributed by atoms with Gasteiger partial charge in [-0.15, -0.1) is 0 Å². The van der Waals surface area contributed by atoms with Crippen molar-refractivity contribution in [3.05, 3.63) is 0 Å². The number of sulfonamides is 1. The molecule has 1 aliphatic rings. The zero-order valence-corrected chi connectivity index (χ0v) is 13.8. The number of amides is 1. The van der Waals surface area contributed by atoms with Crippen LogP contribution in [0.4, 0.5) is 0 Å². The third-order valence-corrected chi connectivity index (χ3v) is 5.21. The lowest BCUT2D eigenvalue weighted by atomic mass is 10.2. The molecule has 124 valence electrons. The topological polar surface area (TPSA) is 92.9 Å². The van der Waals surface area contributed by atoms with Gasteiger partial charge in [-0.3, -0.25) is 4.79 Å². The molecule has 0 atom stereocenters. The lowest BCUT2D eigenvalue weighted by Gasteiger charge is -2.34. The van der Waals surface area contributed by atoms with Crippen LogP contribution in [0.5, 0.6) is 0 Å². The minimum Gasteiger partial charge on any atom is -0.378 e. The van der Waals surface area contributed by atoms with Crippen LogP contribution in [0.25, 0.3) is 0 Å². The van der Waals surface area contributed by atoms with Crippen LogP contribution in [0, 0.1) is 0 Å². The van der Waals surface area contributed by atoms with Gasteiger partial charge in [0.15, 0.2) is 0 Å². The quantitative estimate of drug-likeness (QED) is 0.658. The van der Waals surface area contributed by atoms with Gasteiger partial charge in [0, 0.05) is 32.6 Å². The van der Waals surface area contributed by atoms with Gasteiger partial charge in [-0.05, 0) is 26.8 Å². The molecule has 1 amide bonds. The second-order valence-electron chi connectivity index (χ2n) is 5.41. The molecule has 0 spiro atoms. The molecule has 0 aromatic heterocycles. The predicted octanol–water partition coefficient (Wildman–Crippen LogP) is -0.376. The number of carbonyl (C=O) groups is 1. The summed E-state index contributed by atoms with van der Waals surface area (Å²) in [5.41, 5.74) is 5.38. The number of hydrogen-bond donors (Lipinski definition) is 1. The standard InChI is InChI=1S/C13H27N3O4S/c1-12(2)20-10-11-21(18,19)16-8-6-15(7-9-16)13(17)4-3-5-14/h12H,3-11,14H2,1-2H3. The molecule has 0 bridgehead atoms. The van der Waals surface area contributed by atoms with Crippen molar-refractivity contribution in [1.82, 2.24) is 9.21 Å². The summed E-state index contributed by atoms with van der Waals surface area (Å²) in [6, 6.07) is 0. The SMILES string of the molecule is CC(C)OCCS(=O)(=O)N1CCN(C(=O)CCCN)CC1. The lowest BCUT2D eigenvalue weighted by molar-refractivity contribution is -0.132. The molecule has 0 aromatic carbocycles. The van der Waals surface area contributed by atoms with Crippen molar-refractivity contribution in [1.29, 1.82) is 0 Å². The fourth-order valence-corrected chi connectivity index (χ4v) is 3.43. The molecule has 1 fully saturated rings. The summed E-state index contributed by atoms with van der Waals surface area (Å²) in [6.45, 7) is 6.07. The highest BCUT2D eigenvalue weighted by Crippen LogP contribution is 2.10. The maximum absolute atomic E-state index is 12.1. The summed E-state index contributed by atoms with van der Waals surface area (Å²) in [4.78, 5) is 13.6. The number of piperazine rings is 1. The first-order chi connectivity index (χ1) is 9.86. The van der Waals surface area contributed by atoms with Crippen molar-refractivity contribution in [3.8, 4) is 0 Å². The van der Waals surface area contributed by atoms with E-state index in [2.05, 4.69) is 0 Å². The van der Waals surface area contributed by atoms with Crippen LogP contribution in [0.1, 0.15) is 26.7 Å². The average molecular weight is 321 g/mol. The van der Waals surface area contributed by atoms with Crippen LogP contribution in [0.15, 0.2) is 0 Å². The highest BCUT2D eigenvalue weighted by Gasteiger charge is 2.28. The maximum atomic E-state index is 12.1. The van der Waals surface area contributed by atoms with E-state index in [9.17, 15) is 13.2 Å². The van der Waals surface area contributed by atoms with Crippen LogP contribution >= 0.6 is 0 Å². The van der Waals surface area contributed by atoms with E-state index in [1.54, 1.807) is 4.90 Å². The molecule has 7 nitrogen and oxygen atoms in total. The minimum absolute atomic E-state index is 0.00764. The summed E-state index contributed by atoms with van der Waals surface area (Å²) in [7, 11) is -3.29. The number of carbonyl (C=O) groups excluding carboxylic acids is 1. The van der Waals surface area contributed by atoms with Gasteiger partial charge in [0.05, 0.1) is 18.5 Å². The van der Waals surface area contributed by atoms with E-state index in [1.807, 2.05) is 13.8 Å². The van der Waals surface area contributed by atoms with Crippen LogP contribution in [0.3, 0.4) is 0 Å². The molecule has 0 unspecified atom stereocenters. The van der Waals surface area contributed by atoms with E-state index in [-0.39, 0.29) is 24.4 Å². The predicted molar refractivity (Wildman–Crippen MR) is 81.3 cm³/mol. The van der Waals surface area contributed by atoms with E-state index in [0.29, 0.717) is 45.6 Å². The van der Waals surface area contributed by atoms with E-state index in [4.69, 9.17) is 10.5 Å². The first-order valence-electron chi connectivity index (χ1n) is 7.44. The average Bonchev–Trinajstić information content (AvgIpc) is 2.44. The van der Waals surface area contributed by atoms with E-state index < -0.39 is 10.0 Å². The van der Waals surface area contributed by atoms with Gasteiger partial charge in [-0.1, -0.05) is 0 Å². The van der Waals surface area contributed by atoms with Crippen molar-refractivity contribution in [3.63, 3.8) is 0 Å². The smallest absolute Gasteiger partial charge is 0.222 e. The Labute approximate surface area is 127 Å². The third kappa shape index (κ3) is 6.29. The van der Waals surface area contributed by atoms with Gasteiger partial charge in [-0.25, -0.2) is 8.42 Å². The molecule has 0 radical (unpaired) electrons. The van der Waals surface area contributed by atoms with Gasteiger partial charge >= 0.3 is 0 Å². The molecule has 21 heavy (non-hydrogen) atoms. The maximum Gasteiger partial charge on any atom is 0.222 e. The molecule has 0 saturated carbocycles. The number of ether oxygens (including phenoxy) is 1. The molecule has 8 heteroatoms. The fourth-order valence-electron chi connectivity index (χ4n) is 2.15. The summed E-state index contributed by atoms with van der Waals surface area (Å²) >= 11 is 0. The van der Waals surface area contributed by atoms with Gasteiger partial charge < -0.3 is 15.4 Å². The van der Waals surface area contributed by atoms with Crippen molar-refractivity contribution in [2.24, 2.45) is 5.73 Å². The number of nitrogens with two attached hydrogens (primary N) is 1. The zero-order chi connectivity index (χ0) is 15.9. The first kappa shape index (κ1) is 18.3. The van der Waals surface area contributed by atoms with Crippen molar-refractivity contribution in [2.75, 3.05) is 45.1 Å². The highest BCUT2D eigenvalue weighted by molar-refractivity contribution is 7.89. The summed E-state index contributed by atoms with van der Waals surface area (Å²) in [6.07, 6.45) is 1.13. The molecule has 0 aliphatic carbocycles. The van der Waals surface area contributed by atoms with E-state index in [0.717, 1.165) is 0 Å². The van der Waals surface area contributed by atoms with Gasteiger partial charge in [0.25, 0.3) is 0 Å². The Kier molecular flexibility index (Phi) is 7.58. The first-order valence-corrected chi connectivity index (χ1v) is 9.05. The van der Waals surface area contributed by atoms with Crippen LogP contribution < -0.4 is 5.73 Å². The van der Waals surface area contributed by atoms with E-state index >= 15 is 0 Å². The van der Waals surface area contributed by atoms with Gasteiger partial charge in [0.2, 0.25) is 15.9 Å². The van der Waals surface area contributed by atoms with Crippen molar-refractivity contribution in [2.45, 2.75) is 32.8 Å². The molecule has 2 N–H and O–H groups in total. The molecule has 1 saturated heterocycles. The van der Waals surface area contributed by atoms with Crippen LogP contribution in [0.2, 0.25) is 0 Å². The summed E-state index contributed by atoms with van der Waals surface area (Å²) in [5, 5.41) is 0. The molecular formula is C13H27N3O4S. The fraction of sp³-hybridized carbons (Fsp3) is 0.923. The van der Waals surface area contributed by atoms with Crippen molar-refractivity contribution < 1.29 is 17.9 Å². The summed E-state index contributed by atoms with van der Waals surface area (Å²) < 4.78 is 31.0. The van der Waals surface area contributed by atoms with Crippen molar-refractivity contribution >= 4 is 15.9 Å². The van der Waals surface area contributed by atoms with Gasteiger partial charge in [0.1, 0.15) is 0 Å². The number of nitrogens with zero attached hydrogens (tertiary/aromatic N) is 2. The van der Waals surface area contributed by atoms with E-state index in [1.165, 1.54) is 4.31 Å². The molecule has 0 aromatic rings. The number of hydrogen-bond acceptors (Lipinski definition) is 5. The van der Waals surface area contributed by atoms with Crippen LogP contribution in [-0.2, 0) is 19.6 Å². The molecule has 1 heterocycles. The Hall–Kier alpha value is -0.700. The Morgan fingerprint density at radius 3 is 2.38 bits per heavy atom. The molecular weight excluding hydrogens is 294 g/mol. The molecule has 1 rings (SSSR count). The van der Waals surface area contributed by atoms with Crippen LogP contribution in [-0.4, -0.2) is 74.7 Å². The highest BCUT2D eigenvalue weighted by atomic mass is 32.2. The second kappa shape index (κ2) is 8.67. The Morgan fingerprint density at radius 1 is 1.24 bits per heavy atom. The zero-order valence-electron chi connectivity index (χ0n) is 13.0. The molecule has 1 aliphatic heterocycles. The Bertz CT molecular complexity index is 417.